The topological polar surface area (TPSA) is 64.3 Å². The van der Waals surface area contributed by atoms with Gasteiger partial charge in [0.2, 0.25) is 0 Å². The van der Waals surface area contributed by atoms with Gasteiger partial charge in [-0.25, -0.2) is 9.18 Å². The summed E-state index contributed by atoms with van der Waals surface area (Å²) in [5.74, 6) is -1.27. The van der Waals surface area contributed by atoms with Crippen molar-refractivity contribution in [2.75, 3.05) is 26.3 Å². The highest BCUT2D eigenvalue weighted by Gasteiger charge is 2.25. The summed E-state index contributed by atoms with van der Waals surface area (Å²) in [6.07, 6.45) is 4.85. The number of alkyl halides is 1. The second-order valence-corrected chi connectivity index (χ2v) is 10.3. The molecular formula is C33H30F2N2O2. The van der Waals surface area contributed by atoms with E-state index in [1.807, 2.05) is 31.2 Å². The lowest BCUT2D eigenvalue weighted by molar-refractivity contribution is 0.0696. The van der Waals surface area contributed by atoms with Gasteiger partial charge in [-0.15, -0.1) is 0 Å². The molecule has 4 nitrogen and oxygen atoms in total. The molecule has 3 aromatic rings. The minimum absolute atomic E-state index is 0.234. The van der Waals surface area contributed by atoms with Crippen molar-refractivity contribution in [2.24, 2.45) is 0 Å². The maximum atomic E-state index is 14.0. The van der Waals surface area contributed by atoms with Crippen LogP contribution in [0.3, 0.4) is 0 Å². The van der Waals surface area contributed by atoms with E-state index in [0.29, 0.717) is 24.8 Å². The molecule has 3 aromatic carbocycles. The highest BCUT2D eigenvalue weighted by atomic mass is 19.1. The molecule has 0 aromatic heterocycles. The Balaban J connectivity index is 1.63. The number of nitrogens with zero attached hydrogens (tertiary/aromatic N) is 2. The van der Waals surface area contributed by atoms with Gasteiger partial charge in [-0.05, 0) is 107 Å². The van der Waals surface area contributed by atoms with E-state index >= 15 is 0 Å². The van der Waals surface area contributed by atoms with E-state index in [1.165, 1.54) is 17.7 Å². The smallest absolute Gasteiger partial charge is 0.335 e. The Morgan fingerprint density at radius 2 is 1.82 bits per heavy atom. The van der Waals surface area contributed by atoms with Crippen molar-refractivity contribution in [1.82, 2.24) is 4.90 Å². The molecule has 0 atom stereocenters. The number of hydrogen-bond donors (Lipinski definition) is 1. The van der Waals surface area contributed by atoms with Crippen LogP contribution in [0.2, 0.25) is 0 Å². The van der Waals surface area contributed by atoms with Crippen LogP contribution in [-0.2, 0) is 6.42 Å². The number of hydrogen-bond acceptors (Lipinski definition) is 3. The fourth-order valence-corrected chi connectivity index (χ4v) is 5.72. The number of rotatable bonds is 7. The Morgan fingerprint density at radius 3 is 2.54 bits per heavy atom. The molecule has 5 rings (SSSR count). The van der Waals surface area contributed by atoms with Crippen LogP contribution in [0, 0.1) is 24.1 Å². The molecule has 0 spiro atoms. The summed E-state index contributed by atoms with van der Waals surface area (Å²) in [4.78, 5) is 13.9. The second kappa shape index (κ2) is 11.3. The number of fused-ring (bicyclic) bond motifs is 1. The Labute approximate surface area is 227 Å². The summed E-state index contributed by atoms with van der Waals surface area (Å²) >= 11 is 0. The van der Waals surface area contributed by atoms with E-state index < -0.39 is 5.97 Å². The van der Waals surface area contributed by atoms with Crippen molar-refractivity contribution in [3.8, 4) is 6.07 Å². The van der Waals surface area contributed by atoms with Gasteiger partial charge in [0.1, 0.15) is 5.82 Å². The van der Waals surface area contributed by atoms with Crippen molar-refractivity contribution in [3.63, 3.8) is 0 Å². The van der Waals surface area contributed by atoms with Gasteiger partial charge in [0.25, 0.3) is 0 Å². The van der Waals surface area contributed by atoms with E-state index in [9.17, 15) is 23.9 Å². The minimum Gasteiger partial charge on any atom is -0.478 e. The highest BCUT2D eigenvalue weighted by Crippen LogP contribution is 2.42. The zero-order chi connectivity index (χ0) is 27.5. The van der Waals surface area contributed by atoms with Gasteiger partial charge in [0.05, 0.1) is 23.9 Å². The van der Waals surface area contributed by atoms with Crippen molar-refractivity contribution >= 4 is 23.2 Å². The average Bonchev–Trinajstić information content (AvgIpc) is 3.08. The lowest BCUT2D eigenvalue weighted by atomic mass is 9.84. The molecule has 0 unspecified atom stereocenters. The van der Waals surface area contributed by atoms with Gasteiger partial charge in [0, 0.05) is 25.2 Å². The van der Waals surface area contributed by atoms with E-state index in [1.54, 1.807) is 18.2 Å². The average molecular weight is 525 g/mol. The molecule has 0 radical (unpaired) electrons. The number of benzene rings is 3. The number of aryl methyl sites for hydroxylation is 2. The molecule has 39 heavy (non-hydrogen) atoms. The number of aromatic carboxylic acids is 1. The van der Waals surface area contributed by atoms with E-state index in [0.717, 1.165) is 70.6 Å². The molecule has 0 bridgehead atoms. The van der Waals surface area contributed by atoms with Gasteiger partial charge in [-0.3, -0.25) is 9.29 Å². The molecule has 198 valence electrons. The molecule has 1 heterocycles. The lowest BCUT2D eigenvalue weighted by Gasteiger charge is -2.33. The standard InChI is InChI=1S/C33H30F2N2O2/c1-21-14-27(35)8-11-28(21)31-5-2-4-24-17-25(33(38)39)7-10-29(24)32(31)30-9-6-22(16-26(30)18-36)15-23-19-37(20-23)13-3-12-34/h6-11,14-17H,2-5,12-13,19-20H2,1H3,(H,38,39). The van der Waals surface area contributed by atoms with Crippen molar-refractivity contribution in [3.05, 3.63) is 110 Å². The third kappa shape index (κ3) is 5.55. The van der Waals surface area contributed by atoms with Crippen LogP contribution in [0.1, 0.15) is 68.6 Å². The Bertz CT molecular complexity index is 1540. The molecule has 1 saturated heterocycles. The Hall–Kier alpha value is -4.08. The first-order valence-corrected chi connectivity index (χ1v) is 13.3. The van der Waals surface area contributed by atoms with Crippen LogP contribution >= 0.6 is 0 Å². The first kappa shape index (κ1) is 26.5. The molecule has 0 amide bonds. The van der Waals surface area contributed by atoms with Crippen LogP contribution in [-0.4, -0.2) is 42.3 Å². The number of carboxylic acid groups (broad SMARTS) is 1. The lowest BCUT2D eigenvalue weighted by Crippen LogP contribution is -2.40. The summed E-state index contributed by atoms with van der Waals surface area (Å²) in [5, 5.41) is 19.8. The third-order valence-electron chi connectivity index (χ3n) is 7.58. The van der Waals surface area contributed by atoms with Crippen molar-refractivity contribution in [1.29, 1.82) is 5.26 Å². The number of halogens is 2. The summed E-state index contributed by atoms with van der Waals surface area (Å²) in [6, 6.07) is 18.2. The van der Waals surface area contributed by atoms with Crippen LogP contribution < -0.4 is 0 Å². The summed E-state index contributed by atoms with van der Waals surface area (Å²) in [7, 11) is 0. The number of likely N-dealkylation sites (tertiary alicyclic amines) is 1. The Morgan fingerprint density at radius 1 is 1.05 bits per heavy atom. The predicted octanol–water partition coefficient (Wildman–Crippen LogP) is 7.06. The van der Waals surface area contributed by atoms with E-state index in [2.05, 4.69) is 17.0 Å². The molecule has 1 aliphatic carbocycles. The monoisotopic (exact) mass is 524 g/mol. The molecular weight excluding hydrogens is 494 g/mol. The van der Waals surface area contributed by atoms with Gasteiger partial charge >= 0.3 is 5.97 Å². The molecule has 0 saturated carbocycles. The molecule has 6 heteroatoms. The van der Waals surface area contributed by atoms with Gasteiger partial charge in [0.15, 0.2) is 0 Å². The second-order valence-electron chi connectivity index (χ2n) is 10.3. The van der Waals surface area contributed by atoms with Gasteiger partial charge in [-0.2, -0.15) is 5.26 Å². The van der Waals surface area contributed by atoms with Crippen LogP contribution in [0.5, 0.6) is 0 Å². The quantitative estimate of drug-likeness (QED) is 0.359. The first-order valence-electron chi connectivity index (χ1n) is 13.3. The molecule has 2 aliphatic rings. The summed E-state index contributed by atoms with van der Waals surface area (Å²) in [5.41, 5.74) is 9.22. The Kier molecular flexibility index (Phi) is 7.72. The number of allylic oxidation sites excluding steroid dienone is 1. The molecule has 1 aliphatic heterocycles. The fourth-order valence-electron chi connectivity index (χ4n) is 5.72. The largest absolute Gasteiger partial charge is 0.478 e. The van der Waals surface area contributed by atoms with Gasteiger partial charge < -0.3 is 5.11 Å². The number of carbonyl (C=O) groups is 1. The SMILES string of the molecule is Cc1cc(F)ccc1C1=C(c2ccc(C=C3CN(CCCF)C3)cc2C#N)c2ccc(C(=O)O)cc2CCC1. The number of carboxylic acids is 1. The van der Waals surface area contributed by atoms with Crippen LogP contribution in [0.15, 0.2) is 60.2 Å². The van der Waals surface area contributed by atoms with Crippen LogP contribution in [0.25, 0.3) is 17.2 Å². The van der Waals surface area contributed by atoms with Crippen LogP contribution in [0.4, 0.5) is 8.78 Å². The summed E-state index contributed by atoms with van der Waals surface area (Å²) < 4.78 is 26.5. The highest BCUT2D eigenvalue weighted by molar-refractivity contribution is 6.02. The normalized spacial score (nSPS) is 15.3. The number of nitriles is 1. The zero-order valence-electron chi connectivity index (χ0n) is 21.9. The van der Waals surface area contributed by atoms with E-state index in [4.69, 9.17) is 0 Å². The van der Waals surface area contributed by atoms with Gasteiger partial charge in [-0.1, -0.05) is 30.3 Å². The third-order valence-corrected chi connectivity index (χ3v) is 7.58. The maximum absolute atomic E-state index is 14.0. The fraction of sp³-hybridized carbons (Fsp3) is 0.273. The molecule has 1 fully saturated rings. The predicted molar refractivity (Wildman–Crippen MR) is 150 cm³/mol. The minimum atomic E-state index is -0.975. The summed E-state index contributed by atoms with van der Waals surface area (Å²) in [6.45, 7) is 3.94. The van der Waals surface area contributed by atoms with Crippen molar-refractivity contribution in [2.45, 2.75) is 32.6 Å². The maximum Gasteiger partial charge on any atom is 0.335 e. The zero-order valence-corrected chi connectivity index (χ0v) is 21.9. The van der Waals surface area contributed by atoms with Crippen molar-refractivity contribution < 1.29 is 18.7 Å². The first-order chi connectivity index (χ1) is 18.9. The molecule has 1 N–H and O–H groups in total. The van der Waals surface area contributed by atoms with E-state index in [-0.39, 0.29) is 18.1 Å².